The van der Waals surface area contributed by atoms with Crippen molar-refractivity contribution >= 4 is 5.82 Å². The Hall–Kier alpha value is -2.96. The van der Waals surface area contributed by atoms with Crippen molar-refractivity contribution in [2.24, 2.45) is 0 Å². The van der Waals surface area contributed by atoms with E-state index in [4.69, 9.17) is 0 Å². The zero-order valence-corrected chi connectivity index (χ0v) is 13.2. The molecule has 1 saturated heterocycles. The topological polar surface area (TPSA) is 79.7 Å². The molecule has 0 unspecified atom stereocenters. The fourth-order valence-electron chi connectivity index (χ4n) is 3.02. The van der Waals surface area contributed by atoms with Crippen LogP contribution in [-0.2, 0) is 0 Å². The monoisotopic (exact) mass is 322 g/mol. The van der Waals surface area contributed by atoms with E-state index in [1.807, 2.05) is 18.2 Å². The van der Waals surface area contributed by atoms with Gasteiger partial charge in [0.1, 0.15) is 12.1 Å². The normalized spacial score (nSPS) is 14.8. The van der Waals surface area contributed by atoms with E-state index in [2.05, 4.69) is 25.0 Å². The quantitative estimate of drug-likeness (QED) is 0.798. The van der Waals surface area contributed by atoms with Crippen LogP contribution >= 0.6 is 0 Å². The van der Waals surface area contributed by atoms with E-state index < -0.39 is 0 Å². The van der Waals surface area contributed by atoms with E-state index in [1.165, 1.54) is 30.3 Å². The number of hydrogen-bond acceptors (Lipinski definition) is 5. The first-order valence-corrected chi connectivity index (χ1v) is 8.11. The highest BCUT2D eigenvalue weighted by molar-refractivity contribution is 5.60. The highest BCUT2D eigenvalue weighted by Gasteiger charge is 2.15. The number of rotatable bonds is 3. The lowest BCUT2D eigenvalue weighted by Crippen LogP contribution is -2.30. The van der Waals surface area contributed by atoms with Gasteiger partial charge in [0.15, 0.2) is 5.82 Å². The Morgan fingerprint density at radius 3 is 2.71 bits per heavy atom. The summed E-state index contributed by atoms with van der Waals surface area (Å²) in [6.07, 6.45) is 10.2. The number of hydrogen-bond donors (Lipinski definition) is 1. The van der Waals surface area contributed by atoms with Gasteiger partial charge in [-0.05, 0) is 25.3 Å². The fraction of sp³-hybridized carbons (Fsp3) is 0.294. The highest BCUT2D eigenvalue weighted by atomic mass is 16.1. The molecule has 0 amide bonds. The van der Waals surface area contributed by atoms with Gasteiger partial charge < -0.3 is 4.90 Å². The predicted octanol–water partition coefficient (Wildman–Crippen LogP) is 2.01. The molecule has 122 valence electrons. The number of aromatic amines is 1. The number of pyridine rings is 1. The number of piperidine rings is 1. The lowest BCUT2D eigenvalue weighted by atomic mass is 10.1. The van der Waals surface area contributed by atoms with Crippen LogP contribution in [0, 0.1) is 0 Å². The zero-order chi connectivity index (χ0) is 16.4. The maximum atomic E-state index is 12.7. The molecule has 0 aliphatic carbocycles. The molecule has 1 fully saturated rings. The summed E-state index contributed by atoms with van der Waals surface area (Å²) in [7, 11) is 0. The predicted molar refractivity (Wildman–Crippen MR) is 91.3 cm³/mol. The van der Waals surface area contributed by atoms with E-state index in [9.17, 15) is 4.79 Å². The minimum Gasteiger partial charge on any atom is -0.356 e. The number of H-pyrrole nitrogens is 1. The molecule has 1 aliphatic heterocycles. The maximum Gasteiger partial charge on any atom is 0.280 e. The Bertz CT molecular complexity index is 879. The van der Waals surface area contributed by atoms with Crippen LogP contribution in [0.2, 0.25) is 0 Å². The first-order chi connectivity index (χ1) is 11.8. The van der Waals surface area contributed by atoms with Crippen LogP contribution in [0.25, 0.3) is 16.9 Å². The SMILES string of the molecule is O=c1c(-c2cccnc2)c[nH]n1-c1cc(N2CCCCC2)ncn1. The number of nitrogens with zero attached hydrogens (tertiary/aromatic N) is 5. The molecule has 7 heteroatoms. The van der Waals surface area contributed by atoms with Gasteiger partial charge in [-0.25, -0.2) is 14.6 Å². The van der Waals surface area contributed by atoms with Gasteiger partial charge in [0.25, 0.3) is 5.56 Å². The van der Waals surface area contributed by atoms with Gasteiger partial charge in [-0.1, -0.05) is 6.07 Å². The minimum absolute atomic E-state index is 0.147. The first-order valence-electron chi connectivity index (χ1n) is 8.11. The Labute approximate surface area is 139 Å². The second-order valence-corrected chi connectivity index (χ2v) is 5.85. The van der Waals surface area contributed by atoms with E-state index in [0.29, 0.717) is 11.4 Å². The molecule has 7 nitrogen and oxygen atoms in total. The smallest absolute Gasteiger partial charge is 0.280 e. The number of anilines is 1. The third kappa shape index (κ3) is 2.68. The van der Waals surface area contributed by atoms with Gasteiger partial charge in [0.2, 0.25) is 0 Å². The summed E-state index contributed by atoms with van der Waals surface area (Å²) in [6, 6.07) is 5.53. The number of nitrogens with one attached hydrogen (secondary N) is 1. The summed E-state index contributed by atoms with van der Waals surface area (Å²) in [5, 5.41) is 2.99. The fourth-order valence-corrected chi connectivity index (χ4v) is 3.02. The minimum atomic E-state index is -0.147. The van der Waals surface area contributed by atoms with Crippen molar-refractivity contribution in [1.82, 2.24) is 24.7 Å². The van der Waals surface area contributed by atoms with E-state index >= 15 is 0 Å². The van der Waals surface area contributed by atoms with Crippen molar-refractivity contribution in [2.75, 3.05) is 18.0 Å². The van der Waals surface area contributed by atoms with E-state index in [0.717, 1.165) is 24.5 Å². The zero-order valence-electron chi connectivity index (χ0n) is 13.2. The van der Waals surface area contributed by atoms with Crippen molar-refractivity contribution in [3.63, 3.8) is 0 Å². The largest absolute Gasteiger partial charge is 0.356 e. The second kappa shape index (κ2) is 6.27. The van der Waals surface area contributed by atoms with Crippen molar-refractivity contribution in [1.29, 1.82) is 0 Å². The summed E-state index contributed by atoms with van der Waals surface area (Å²) < 4.78 is 1.44. The molecule has 0 bridgehead atoms. The molecular weight excluding hydrogens is 304 g/mol. The van der Waals surface area contributed by atoms with Crippen molar-refractivity contribution < 1.29 is 0 Å². The Balaban J connectivity index is 1.70. The molecule has 4 heterocycles. The Morgan fingerprint density at radius 1 is 1.08 bits per heavy atom. The lowest BCUT2D eigenvalue weighted by Gasteiger charge is -2.27. The molecule has 0 aromatic carbocycles. The summed E-state index contributed by atoms with van der Waals surface area (Å²) >= 11 is 0. The van der Waals surface area contributed by atoms with Crippen LogP contribution in [0.5, 0.6) is 0 Å². The van der Waals surface area contributed by atoms with Crippen LogP contribution in [-0.4, -0.2) is 37.8 Å². The highest BCUT2D eigenvalue weighted by Crippen LogP contribution is 2.19. The van der Waals surface area contributed by atoms with Gasteiger partial charge in [-0.15, -0.1) is 0 Å². The van der Waals surface area contributed by atoms with Crippen molar-refractivity contribution in [3.05, 3.63) is 53.5 Å². The summed E-state index contributed by atoms with van der Waals surface area (Å²) in [6.45, 7) is 1.99. The average Bonchev–Trinajstić information content (AvgIpc) is 3.05. The molecule has 1 N–H and O–H groups in total. The van der Waals surface area contributed by atoms with Crippen molar-refractivity contribution in [3.8, 4) is 16.9 Å². The Kier molecular flexibility index (Phi) is 3.82. The summed E-state index contributed by atoms with van der Waals surface area (Å²) in [5.41, 5.74) is 1.20. The van der Waals surface area contributed by atoms with Crippen LogP contribution in [0.3, 0.4) is 0 Å². The van der Waals surface area contributed by atoms with E-state index in [1.54, 1.807) is 18.6 Å². The molecule has 0 radical (unpaired) electrons. The molecule has 1 aliphatic rings. The Morgan fingerprint density at radius 2 is 1.92 bits per heavy atom. The van der Waals surface area contributed by atoms with Crippen molar-refractivity contribution in [2.45, 2.75) is 19.3 Å². The molecule has 3 aromatic heterocycles. The third-order valence-electron chi connectivity index (χ3n) is 4.29. The van der Waals surface area contributed by atoms with Gasteiger partial charge in [-0.3, -0.25) is 14.9 Å². The van der Waals surface area contributed by atoms with Crippen LogP contribution < -0.4 is 10.5 Å². The number of aromatic nitrogens is 5. The molecule has 24 heavy (non-hydrogen) atoms. The van der Waals surface area contributed by atoms with E-state index in [-0.39, 0.29) is 5.56 Å². The molecule has 0 atom stereocenters. The molecular formula is C17H18N6O. The second-order valence-electron chi connectivity index (χ2n) is 5.85. The average molecular weight is 322 g/mol. The van der Waals surface area contributed by atoms with Gasteiger partial charge >= 0.3 is 0 Å². The molecule has 0 saturated carbocycles. The summed E-state index contributed by atoms with van der Waals surface area (Å²) in [5.74, 6) is 1.41. The molecule has 3 aromatic rings. The summed E-state index contributed by atoms with van der Waals surface area (Å²) in [4.78, 5) is 27.6. The van der Waals surface area contributed by atoms with Crippen LogP contribution in [0.1, 0.15) is 19.3 Å². The molecule has 0 spiro atoms. The lowest BCUT2D eigenvalue weighted by molar-refractivity contribution is 0.572. The third-order valence-corrected chi connectivity index (χ3v) is 4.29. The van der Waals surface area contributed by atoms with Gasteiger partial charge in [0.05, 0.1) is 5.56 Å². The van der Waals surface area contributed by atoms with Crippen LogP contribution in [0.15, 0.2) is 47.9 Å². The van der Waals surface area contributed by atoms with Gasteiger partial charge in [-0.2, -0.15) is 0 Å². The molecule has 4 rings (SSSR count). The maximum absolute atomic E-state index is 12.7. The van der Waals surface area contributed by atoms with Gasteiger partial charge in [0, 0.05) is 43.3 Å². The first kappa shape index (κ1) is 14.6. The van der Waals surface area contributed by atoms with Crippen LogP contribution in [0.4, 0.5) is 5.82 Å². The standard InChI is InChI=1S/C17H18N6O/c24-17-14(13-5-4-6-18-10-13)11-21-23(17)16-9-15(19-12-20-16)22-7-2-1-3-8-22/h4-6,9-12,21H,1-3,7-8H2.